The predicted octanol–water partition coefficient (Wildman–Crippen LogP) is 2.29. The number of likely N-dealkylation sites (tertiary alicyclic amines) is 1. The summed E-state index contributed by atoms with van der Waals surface area (Å²) in [4.78, 5) is 3.83. The number of hydrogen-bond acceptors (Lipinski definition) is 4. The second-order valence-electron chi connectivity index (χ2n) is 4.94. The molecular weight excluding hydrogens is 230 g/mol. The van der Waals surface area contributed by atoms with Crippen molar-refractivity contribution in [1.82, 2.24) is 10.2 Å². The first-order valence-electron chi connectivity index (χ1n) is 6.53. The minimum Gasteiger partial charge on any atom is -0.398 e. The van der Waals surface area contributed by atoms with Crippen molar-refractivity contribution in [2.45, 2.75) is 38.8 Å². The van der Waals surface area contributed by atoms with Crippen LogP contribution < -0.4 is 11.1 Å². The van der Waals surface area contributed by atoms with Gasteiger partial charge >= 0.3 is 0 Å². The fraction of sp³-hybridized carbons (Fsp3) is 0.692. The number of piperidine rings is 1. The summed E-state index contributed by atoms with van der Waals surface area (Å²) >= 11 is 1.74. The normalized spacial score (nSPS) is 19.4. The molecule has 1 atom stereocenters. The molecule has 0 saturated carbocycles. The van der Waals surface area contributed by atoms with Gasteiger partial charge in [-0.15, -0.1) is 11.3 Å². The summed E-state index contributed by atoms with van der Waals surface area (Å²) in [5.41, 5.74) is 6.79. The van der Waals surface area contributed by atoms with Crippen LogP contribution in [0.15, 0.2) is 11.4 Å². The summed E-state index contributed by atoms with van der Waals surface area (Å²) in [5, 5.41) is 5.62. The number of nitrogens with two attached hydrogens (primary N) is 1. The zero-order valence-electron chi connectivity index (χ0n) is 10.6. The number of nitrogens with one attached hydrogen (secondary N) is 1. The van der Waals surface area contributed by atoms with E-state index in [1.54, 1.807) is 11.3 Å². The third-order valence-corrected chi connectivity index (χ3v) is 4.31. The molecule has 1 unspecified atom stereocenters. The van der Waals surface area contributed by atoms with Gasteiger partial charge in [0.15, 0.2) is 0 Å². The Hall–Kier alpha value is -0.580. The van der Waals surface area contributed by atoms with Gasteiger partial charge in [0.1, 0.15) is 0 Å². The van der Waals surface area contributed by atoms with Crippen LogP contribution in [0, 0.1) is 0 Å². The van der Waals surface area contributed by atoms with Crippen LogP contribution in [0.3, 0.4) is 0 Å². The van der Waals surface area contributed by atoms with E-state index in [9.17, 15) is 0 Å². The second-order valence-corrected chi connectivity index (χ2v) is 5.94. The lowest BCUT2D eigenvalue weighted by Gasteiger charge is -2.29. The highest BCUT2D eigenvalue weighted by Crippen LogP contribution is 2.18. The molecule has 2 heterocycles. The Morgan fingerprint density at radius 1 is 1.41 bits per heavy atom. The van der Waals surface area contributed by atoms with E-state index in [-0.39, 0.29) is 0 Å². The van der Waals surface area contributed by atoms with Gasteiger partial charge in [-0.3, -0.25) is 0 Å². The number of rotatable bonds is 5. The van der Waals surface area contributed by atoms with Crippen molar-refractivity contribution >= 4 is 17.0 Å². The quantitative estimate of drug-likeness (QED) is 0.846. The van der Waals surface area contributed by atoms with Crippen LogP contribution >= 0.6 is 11.3 Å². The Morgan fingerprint density at radius 2 is 2.18 bits per heavy atom. The van der Waals surface area contributed by atoms with Crippen LogP contribution in [0.2, 0.25) is 0 Å². The maximum absolute atomic E-state index is 5.87. The molecule has 96 valence electrons. The van der Waals surface area contributed by atoms with E-state index in [0.717, 1.165) is 18.8 Å². The van der Waals surface area contributed by atoms with Gasteiger partial charge in [0, 0.05) is 29.7 Å². The highest BCUT2D eigenvalue weighted by Gasteiger charge is 2.13. The van der Waals surface area contributed by atoms with Gasteiger partial charge in [0.2, 0.25) is 0 Å². The molecule has 1 aromatic rings. The highest BCUT2D eigenvalue weighted by molar-refractivity contribution is 7.10. The summed E-state index contributed by atoms with van der Waals surface area (Å²) in [6, 6.07) is 2.52. The number of anilines is 1. The fourth-order valence-corrected chi connectivity index (χ4v) is 3.10. The lowest BCUT2D eigenvalue weighted by atomic mass is 10.1. The molecule has 1 aliphatic rings. The van der Waals surface area contributed by atoms with Crippen LogP contribution in [0.5, 0.6) is 0 Å². The molecule has 0 aromatic carbocycles. The Labute approximate surface area is 108 Å². The molecule has 1 aromatic heterocycles. The second kappa shape index (κ2) is 6.38. The minimum absolute atomic E-state index is 0.537. The molecule has 17 heavy (non-hydrogen) atoms. The molecular formula is C13H23N3S. The van der Waals surface area contributed by atoms with Crippen LogP contribution in [0.1, 0.15) is 31.1 Å². The molecule has 3 nitrogen and oxygen atoms in total. The van der Waals surface area contributed by atoms with Crippen molar-refractivity contribution in [2.24, 2.45) is 0 Å². The van der Waals surface area contributed by atoms with Gasteiger partial charge in [0.25, 0.3) is 0 Å². The summed E-state index contributed by atoms with van der Waals surface area (Å²) in [6.07, 6.45) is 4.14. The summed E-state index contributed by atoms with van der Waals surface area (Å²) in [6.45, 7) is 6.86. The zero-order valence-corrected chi connectivity index (χ0v) is 11.4. The molecule has 2 rings (SSSR count). The summed E-state index contributed by atoms with van der Waals surface area (Å²) < 4.78 is 0. The maximum Gasteiger partial charge on any atom is 0.0468 e. The molecule has 0 aliphatic carbocycles. The molecule has 0 spiro atoms. The summed E-state index contributed by atoms with van der Waals surface area (Å²) in [5.74, 6) is 0. The fourth-order valence-electron chi connectivity index (χ4n) is 2.35. The van der Waals surface area contributed by atoms with E-state index in [1.807, 2.05) is 6.07 Å². The van der Waals surface area contributed by atoms with Gasteiger partial charge in [0.05, 0.1) is 0 Å². The Bertz CT molecular complexity index is 331. The van der Waals surface area contributed by atoms with Gasteiger partial charge in [-0.05, 0) is 44.3 Å². The van der Waals surface area contributed by atoms with E-state index in [2.05, 4.69) is 22.5 Å². The molecule has 3 N–H and O–H groups in total. The Morgan fingerprint density at radius 3 is 2.82 bits per heavy atom. The lowest BCUT2D eigenvalue weighted by Crippen LogP contribution is -2.41. The van der Waals surface area contributed by atoms with E-state index >= 15 is 0 Å². The summed E-state index contributed by atoms with van der Waals surface area (Å²) in [7, 11) is 0. The molecule has 0 bridgehead atoms. The number of thiophene rings is 1. The van der Waals surface area contributed by atoms with Gasteiger partial charge in [-0.1, -0.05) is 6.42 Å². The average Bonchev–Trinajstić information content (AvgIpc) is 2.74. The van der Waals surface area contributed by atoms with E-state index < -0.39 is 0 Å². The first-order valence-corrected chi connectivity index (χ1v) is 7.41. The standard InChI is InChI=1S/C13H23N3S/c1-11(10-16-6-3-2-4-7-16)15-9-13-12(14)5-8-17-13/h5,8,11,15H,2-4,6-7,9-10,14H2,1H3. The SMILES string of the molecule is CC(CN1CCCCC1)NCc1sccc1N. The van der Waals surface area contributed by atoms with Gasteiger partial charge in [-0.25, -0.2) is 0 Å². The van der Waals surface area contributed by atoms with Crippen LogP contribution in [0.4, 0.5) is 5.69 Å². The lowest BCUT2D eigenvalue weighted by molar-refractivity contribution is 0.209. The molecule has 0 radical (unpaired) electrons. The molecule has 4 heteroatoms. The van der Waals surface area contributed by atoms with Crippen molar-refractivity contribution in [3.05, 3.63) is 16.3 Å². The molecule has 0 amide bonds. The maximum atomic E-state index is 5.87. The molecule has 1 aliphatic heterocycles. The predicted molar refractivity (Wildman–Crippen MR) is 75.3 cm³/mol. The van der Waals surface area contributed by atoms with Crippen molar-refractivity contribution in [3.8, 4) is 0 Å². The van der Waals surface area contributed by atoms with Gasteiger partial charge in [-0.2, -0.15) is 0 Å². The minimum atomic E-state index is 0.537. The Kier molecular flexibility index (Phi) is 4.83. The smallest absolute Gasteiger partial charge is 0.0468 e. The molecule has 1 saturated heterocycles. The average molecular weight is 253 g/mol. The zero-order chi connectivity index (χ0) is 12.1. The highest BCUT2D eigenvalue weighted by atomic mass is 32.1. The molecule has 1 fully saturated rings. The number of hydrogen-bond donors (Lipinski definition) is 2. The third kappa shape index (κ3) is 3.98. The van der Waals surface area contributed by atoms with Crippen LogP contribution in [-0.2, 0) is 6.54 Å². The third-order valence-electron chi connectivity index (χ3n) is 3.37. The van der Waals surface area contributed by atoms with E-state index in [4.69, 9.17) is 5.73 Å². The largest absolute Gasteiger partial charge is 0.398 e. The van der Waals surface area contributed by atoms with E-state index in [1.165, 1.54) is 37.2 Å². The van der Waals surface area contributed by atoms with E-state index in [0.29, 0.717) is 6.04 Å². The van der Waals surface area contributed by atoms with Crippen molar-refractivity contribution < 1.29 is 0 Å². The van der Waals surface area contributed by atoms with Gasteiger partial charge < -0.3 is 16.0 Å². The van der Waals surface area contributed by atoms with Crippen molar-refractivity contribution in [1.29, 1.82) is 0 Å². The monoisotopic (exact) mass is 253 g/mol. The number of nitrogens with zero attached hydrogens (tertiary/aromatic N) is 1. The first-order chi connectivity index (χ1) is 8.25. The topological polar surface area (TPSA) is 41.3 Å². The van der Waals surface area contributed by atoms with Crippen LogP contribution in [0.25, 0.3) is 0 Å². The Balaban J connectivity index is 1.70. The van der Waals surface area contributed by atoms with Crippen molar-refractivity contribution in [3.63, 3.8) is 0 Å². The first kappa shape index (κ1) is 12.9. The van der Waals surface area contributed by atoms with Crippen LogP contribution in [-0.4, -0.2) is 30.6 Å². The number of nitrogen functional groups attached to an aromatic ring is 1. The van der Waals surface area contributed by atoms with Crippen molar-refractivity contribution in [2.75, 3.05) is 25.4 Å².